The number of thiocarbonyl (C=S) groups is 1. The molecule has 1 aliphatic heterocycles. The Morgan fingerprint density at radius 1 is 1.37 bits per heavy atom. The fourth-order valence-corrected chi connectivity index (χ4v) is 4.67. The maximum Gasteiger partial charge on any atom is 0.231 e. The van der Waals surface area contributed by atoms with E-state index < -0.39 is 15.1 Å². The molecule has 102 valence electrons. The van der Waals surface area contributed by atoms with Gasteiger partial charge in [0.1, 0.15) is 0 Å². The Hall–Kier alpha value is -1.34. The van der Waals surface area contributed by atoms with Crippen LogP contribution in [0, 0.1) is 5.92 Å². The van der Waals surface area contributed by atoms with Crippen molar-refractivity contribution in [2.24, 2.45) is 11.7 Å². The first-order valence-corrected chi connectivity index (χ1v) is 8.13. The quantitative estimate of drug-likeness (QED) is 0.833. The molecule has 3 rings (SSSR count). The molecule has 0 spiro atoms. The molecule has 7 heteroatoms. The van der Waals surface area contributed by atoms with Crippen molar-refractivity contribution in [3.63, 3.8) is 0 Å². The summed E-state index contributed by atoms with van der Waals surface area (Å²) >= 11 is 4.96. The Balaban J connectivity index is 1.96. The topological polar surface area (TPSA) is 78.6 Å². The van der Waals surface area contributed by atoms with Crippen LogP contribution in [0.2, 0.25) is 0 Å². The lowest BCUT2D eigenvalue weighted by atomic mass is 10.1. The van der Waals surface area contributed by atoms with E-state index in [2.05, 4.69) is 0 Å². The van der Waals surface area contributed by atoms with Gasteiger partial charge in [-0.25, -0.2) is 8.42 Å². The molecular weight excluding hydrogens is 286 g/mol. The van der Waals surface area contributed by atoms with Gasteiger partial charge >= 0.3 is 0 Å². The number of rotatable bonds is 3. The summed E-state index contributed by atoms with van der Waals surface area (Å²) in [4.78, 5) is 0.248. The lowest BCUT2D eigenvalue weighted by molar-refractivity contribution is 0.174. The fourth-order valence-electron chi connectivity index (χ4n) is 2.67. The molecule has 1 aromatic carbocycles. The van der Waals surface area contributed by atoms with Gasteiger partial charge in [0.25, 0.3) is 0 Å². The SMILES string of the molecule is CS(=O)(=O)[C@@H]1[C@H](C(N)=S)[C@H]1c1ccc2c(c1)OCO2. The second kappa shape index (κ2) is 4.08. The minimum absolute atomic E-state index is 0.179. The Morgan fingerprint density at radius 3 is 2.63 bits per heavy atom. The molecule has 0 bridgehead atoms. The number of hydrogen-bond acceptors (Lipinski definition) is 5. The zero-order valence-electron chi connectivity index (χ0n) is 10.2. The van der Waals surface area contributed by atoms with E-state index in [1.165, 1.54) is 6.26 Å². The molecule has 0 radical (unpaired) electrons. The zero-order chi connectivity index (χ0) is 13.8. The molecule has 2 N–H and O–H groups in total. The number of ether oxygens (including phenoxy) is 2. The van der Waals surface area contributed by atoms with E-state index in [1.807, 2.05) is 12.1 Å². The lowest BCUT2D eigenvalue weighted by Crippen LogP contribution is -2.16. The van der Waals surface area contributed by atoms with E-state index in [9.17, 15) is 8.42 Å². The van der Waals surface area contributed by atoms with Crippen molar-refractivity contribution in [2.45, 2.75) is 11.2 Å². The van der Waals surface area contributed by atoms with Crippen LogP contribution in [0.5, 0.6) is 11.5 Å². The second-order valence-corrected chi connectivity index (χ2v) is 7.54. The molecule has 0 amide bonds. The van der Waals surface area contributed by atoms with Gasteiger partial charge in [-0.3, -0.25) is 0 Å². The summed E-state index contributed by atoms with van der Waals surface area (Å²) in [7, 11) is -3.17. The van der Waals surface area contributed by atoms with Crippen LogP contribution in [0.25, 0.3) is 0 Å². The molecular formula is C12H13NO4S2. The van der Waals surface area contributed by atoms with Gasteiger partial charge in [0.15, 0.2) is 21.3 Å². The van der Waals surface area contributed by atoms with Crippen LogP contribution >= 0.6 is 12.2 Å². The van der Waals surface area contributed by atoms with Crippen molar-refractivity contribution in [3.8, 4) is 11.5 Å². The molecule has 1 aromatic rings. The highest BCUT2D eigenvalue weighted by molar-refractivity contribution is 7.91. The Morgan fingerprint density at radius 2 is 2.05 bits per heavy atom. The average molecular weight is 299 g/mol. The third-order valence-electron chi connectivity index (χ3n) is 3.56. The maximum absolute atomic E-state index is 11.8. The Kier molecular flexibility index (Phi) is 2.72. The molecule has 0 saturated heterocycles. The van der Waals surface area contributed by atoms with Crippen LogP contribution in [0.1, 0.15) is 11.5 Å². The van der Waals surface area contributed by atoms with Crippen molar-refractivity contribution in [3.05, 3.63) is 23.8 Å². The van der Waals surface area contributed by atoms with E-state index in [0.717, 1.165) is 5.56 Å². The predicted octanol–water partition coefficient (Wildman–Crippen LogP) is 0.828. The van der Waals surface area contributed by atoms with Crippen LogP contribution in [0.3, 0.4) is 0 Å². The highest BCUT2D eigenvalue weighted by Crippen LogP contribution is 2.53. The highest BCUT2D eigenvalue weighted by Gasteiger charge is 2.58. The van der Waals surface area contributed by atoms with Crippen molar-refractivity contribution in [2.75, 3.05) is 13.0 Å². The smallest absolute Gasteiger partial charge is 0.231 e. The lowest BCUT2D eigenvalue weighted by Gasteiger charge is -2.02. The summed E-state index contributed by atoms with van der Waals surface area (Å²) in [5.41, 5.74) is 6.51. The van der Waals surface area contributed by atoms with Crippen LogP contribution in [-0.2, 0) is 9.84 Å². The molecule has 0 aromatic heterocycles. The third-order valence-corrected chi connectivity index (χ3v) is 5.41. The first-order valence-electron chi connectivity index (χ1n) is 5.77. The molecule has 19 heavy (non-hydrogen) atoms. The van der Waals surface area contributed by atoms with Gasteiger partial charge in [-0.2, -0.15) is 0 Å². The Bertz CT molecular complexity index is 656. The van der Waals surface area contributed by atoms with Crippen LogP contribution in [-0.4, -0.2) is 31.7 Å². The van der Waals surface area contributed by atoms with Crippen molar-refractivity contribution < 1.29 is 17.9 Å². The second-order valence-electron chi connectivity index (χ2n) is 4.86. The molecule has 3 atom stereocenters. The summed E-state index contributed by atoms with van der Waals surface area (Å²) in [6.07, 6.45) is 1.22. The molecule has 5 nitrogen and oxygen atoms in total. The molecule has 1 saturated carbocycles. The van der Waals surface area contributed by atoms with Crippen LogP contribution in [0.15, 0.2) is 18.2 Å². The van der Waals surface area contributed by atoms with E-state index in [-0.39, 0.29) is 23.6 Å². The summed E-state index contributed by atoms with van der Waals surface area (Å²) in [5, 5.41) is -0.523. The van der Waals surface area contributed by atoms with Gasteiger partial charge < -0.3 is 15.2 Å². The van der Waals surface area contributed by atoms with Gasteiger partial charge in [0.05, 0.1) is 10.2 Å². The Labute approximate surface area is 116 Å². The standard InChI is InChI=1S/C12H13NO4S2/c1-19(14,15)11-9(10(11)12(13)18)6-2-3-7-8(4-6)17-5-16-7/h2-4,9-11H,5H2,1H3,(H2,13,18)/t9-,10-,11+/m1/s1. The van der Waals surface area contributed by atoms with E-state index in [4.69, 9.17) is 27.4 Å². The molecule has 1 heterocycles. The first-order chi connectivity index (χ1) is 8.89. The normalized spacial score (nSPS) is 28.2. The van der Waals surface area contributed by atoms with E-state index >= 15 is 0 Å². The largest absolute Gasteiger partial charge is 0.454 e. The number of hydrogen-bond donors (Lipinski definition) is 1. The van der Waals surface area contributed by atoms with Crippen LogP contribution < -0.4 is 15.2 Å². The van der Waals surface area contributed by atoms with Gasteiger partial charge in [0.2, 0.25) is 6.79 Å². The molecule has 0 unspecified atom stereocenters. The molecule has 1 aliphatic carbocycles. The van der Waals surface area contributed by atoms with Gasteiger partial charge in [-0.1, -0.05) is 18.3 Å². The summed E-state index contributed by atoms with van der Waals surface area (Å²) < 4.78 is 34.0. The predicted molar refractivity (Wildman–Crippen MR) is 74.2 cm³/mol. The van der Waals surface area contributed by atoms with Gasteiger partial charge in [-0.15, -0.1) is 0 Å². The number of fused-ring (bicyclic) bond motifs is 1. The first kappa shape index (κ1) is 12.7. The zero-order valence-corrected chi connectivity index (χ0v) is 11.8. The van der Waals surface area contributed by atoms with E-state index in [0.29, 0.717) is 11.5 Å². The highest BCUT2D eigenvalue weighted by atomic mass is 32.2. The number of sulfone groups is 1. The molecule has 2 aliphatic rings. The van der Waals surface area contributed by atoms with Crippen molar-refractivity contribution >= 4 is 27.0 Å². The van der Waals surface area contributed by atoms with Crippen LogP contribution in [0.4, 0.5) is 0 Å². The summed E-state index contributed by atoms with van der Waals surface area (Å²) in [5.74, 6) is 0.845. The maximum atomic E-state index is 11.8. The summed E-state index contributed by atoms with van der Waals surface area (Å²) in [6, 6.07) is 5.43. The number of benzene rings is 1. The minimum atomic E-state index is -3.17. The summed E-state index contributed by atoms with van der Waals surface area (Å²) in [6.45, 7) is 0.192. The van der Waals surface area contributed by atoms with Gasteiger partial charge in [0, 0.05) is 18.1 Å². The fraction of sp³-hybridized carbons (Fsp3) is 0.417. The number of nitrogens with two attached hydrogens (primary N) is 1. The molecule has 1 fully saturated rings. The van der Waals surface area contributed by atoms with Gasteiger partial charge in [-0.05, 0) is 17.7 Å². The third kappa shape index (κ3) is 2.06. The average Bonchev–Trinajstić information content (AvgIpc) is 2.93. The monoisotopic (exact) mass is 299 g/mol. The van der Waals surface area contributed by atoms with E-state index in [1.54, 1.807) is 6.07 Å². The van der Waals surface area contributed by atoms with Crippen molar-refractivity contribution in [1.82, 2.24) is 0 Å². The van der Waals surface area contributed by atoms with Crippen molar-refractivity contribution in [1.29, 1.82) is 0 Å². The minimum Gasteiger partial charge on any atom is -0.454 e.